The van der Waals surface area contributed by atoms with Gasteiger partial charge in [0.2, 0.25) is 0 Å². The number of piperazine rings is 1. The molecule has 37 heavy (non-hydrogen) atoms. The quantitative estimate of drug-likeness (QED) is 0.456. The van der Waals surface area contributed by atoms with Gasteiger partial charge in [-0.15, -0.1) is 11.3 Å². The molecule has 2 aromatic heterocycles. The molecule has 6 rings (SSSR count). The van der Waals surface area contributed by atoms with Crippen LogP contribution in [0.5, 0.6) is 5.75 Å². The molecule has 0 atom stereocenters. The molecule has 0 unspecified atom stereocenters. The van der Waals surface area contributed by atoms with Crippen LogP contribution in [0.25, 0.3) is 0 Å². The molecule has 0 bridgehead atoms. The zero-order valence-electron chi connectivity index (χ0n) is 20.4. The second-order valence-corrected chi connectivity index (χ2v) is 10.2. The summed E-state index contributed by atoms with van der Waals surface area (Å²) in [5.41, 5.74) is 3.42. The predicted octanol–water partition coefficient (Wildman–Crippen LogP) is 2.49. The molecule has 0 saturated carbocycles. The third-order valence-corrected chi connectivity index (χ3v) is 7.80. The van der Waals surface area contributed by atoms with Crippen LogP contribution < -0.4 is 30.5 Å². The molecular formula is C26H29N7O3S. The number of hydrogen-bond donors (Lipinski definition) is 3. The van der Waals surface area contributed by atoms with Gasteiger partial charge in [-0.05, 0) is 49.7 Å². The molecule has 10 nitrogen and oxygen atoms in total. The Bertz CT molecular complexity index is 1300. The summed E-state index contributed by atoms with van der Waals surface area (Å²) >= 11 is 1.29. The van der Waals surface area contributed by atoms with E-state index in [1.54, 1.807) is 22.7 Å². The number of ether oxygens (including phenoxy) is 1. The van der Waals surface area contributed by atoms with Crippen LogP contribution in [0.3, 0.4) is 0 Å². The van der Waals surface area contributed by atoms with Crippen LogP contribution in [-0.2, 0) is 6.54 Å². The van der Waals surface area contributed by atoms with E-state index < -0.39 is 0 Å². The molecule has 3 aliphatic rings. The first-order valence-corrected chi connectivity index (χ1v) is 13.5. The van der Waals surface area contributed by atoms with Crippen molar-refractivity contribution >= 4 is 39.7 Å². The number of amides is 2. The smallest absolute Gasteiger partial charge is 0.275 e. The van der Waals surface area contributed by atoms with Crippen molar-refractivity contribution in [3.05, 3.63) is 58.9 Å². The lowest BCUT2D eigenvalue weighted by molar-refractivity contribution is 0.0990. The zero-order valence-corrected chi connectivity index (χ0v) is 21.2. The number of nitrogens with one attached hydrogen (secondary N) is 3. The summed E-state index contributed by atoms with van der Waals surface area (Å²) < 4.78 is 6.13. The van der Waals surface area contributed by atoms with Gasteiger partial charge in [0.15, 0.2) is 5.13 Å². The molecule has 0 aliphatic carbocycles. The highest BCUT2D eigenvalue weighted by molar-refractivity contribution is 7.14. The first kappa shape index (κ1) is 23.8. The standard InChI is InChI=1S/C26H29N7O3S/c34-24(30-21-14-29-8-5-23(21)32-11-9-28-10-12-32)22-16-37-26(31-22)33-15-17-1-2-19(13-20(17)25(33)35)36-18-3-6-27-7-4-18/h1-2,5,8,13-14,16,18,27-28H,3-4,6-7,9-12,15H2,(H,30,34). The number of carbonyl (C=O) groups is 2. The summed E-state index contributed by atoms with van der Waals surface area (Å²) in [6, 6.07) is 7.63. The minimum absolute atomic E-state index is 0.125. The van der Waals surface area contributed by atoms with E-state index >= 15 is 0 Å². The van der Waals surface area contributed by atoms with Crippen molar-refractivity contribution in [1.82, 2.24) is 20.6 Å². The van der Waals surface area contributed by atoms with E-state index in [1.165, 1.54) is 11.3 Å². The number of thiazole rings is 1. The van der Waals surface area contributed by atoms with Crippen LogP contribution in [0, 0.1) is 0 Å². The van der Waals surface area contributed by atoms with Gasteiger partial charge in [-0.2, -0.15) is 0 Å². The fourth-order valence-electron chi connectivity index (χ4n) is 4.96. The van der Waals surface area contributed by atoms with Crippen LogP contribution in [0.1, 0.15) is 39.3 Å². The van der Waals surface area contributed by atoms with Gasteiger partial charge >= 0.3 is 0 Å². The van der Waals surface area contributed by atoms with Gasteiger partial charge in [-0.3, -0.25) is 19.5 Å². The lowest BCUT2D eigenvalue weighted by Gasteiger charge is -2.30. The number of hydrogen-bond acceptors (Lipinski definition) is 9. The van der Waals surface area contributed by atoms with Crippen LogP contribution in [0.15, 0.2) is 42.0 Å². The van der Waals surface area contributed by atoms with Crippen LogP contribution in [-0.4, -0.2) is 67.2 Å². The monoisotopic (exact) mass is 519 g/mol. The topological polar surface area (TPSA) is 112 Å². The summed E-state index contributed by atoms with van der Waals surface area (Å²) in [6.45, 7) is 5.81. The molecule has 3 aliphatic heterocycles. The van der Waals surface area contributed by atoms with E-state index in [0.717, 1.165) is 69.1 Å². The van der Waals surface area contributed by atoms with Gasteiger partial charge in [0, 0.05) is 43.3 Å². The van der Waals surface area contributed by atoms with Gasteiger partial charge < -0.3 is 25.6 Å². The summed E-state index contributed by atoms with van der Waals surface area (Å²) in [6.07, 6.45) is 5.47. The van der Waals surface area contributed by atoms with Crippen molar-refractivity contribution in [3.63, 3.8) is 0 Å². The van der Waals surface area contributed by atoms with Gasteiger partial charge in [0.05, 0.1) is 24.1 Å². The lowest BCUT2D eigenvalue weighted by Crippen LogP contribution is -2.43. The average Bonchev–Trinajstić information content (AvgIpc) is 3.55. The Hall–Kier alpha value is -3.54. The molecule has 2 amide bonds. The van der Waals surface area contributed by atoms with Gasteiger partial charge in [-0.1, -0.05) is 6.07 Å². The van der Waals surface area contributed by atoms with E-state index in [4.69, 9.17) is 4.74 Å². The maximum atomic E-state index is 13.2. The molecular weight excluding hydrogens is 490 g/mol. The van der Waals surface area contributed by atoms with E-state index in [1.807, 2.05) is 24.3 Å². The number of aromatic nitrogens is 2. The first-order chi connectivity index (χ1) is 18.2. The third kappa shape index (κ3) is 5.02. The Morgan fingerprint density at radius 2 is 1.92 bits per heavy atom. The first-order valence-electron chi connectivity index (χ1n) is 12.6. The van der Waals surface area contributed by atoms with Crippen molar-refractivity contribution in [2.24, 2.45) is 0 Å². The van der Waals surface area contributed by atoms with Gasteiger partial charge in [-0.25, -0.2) is 4.98 Å². The predicted molar refractivity (Wildman–Crippen MR) is 143 cm³/mol. The molecule has 5 heterocycles. The fraction of sp³-hybridized carbons (Fsp3) is 0.385. The highest BCUT2D eigenvalue weighted by atomic mass is 32.1. The van der Waals surface area contributed by atoms with Crippen molar-refractivity contribution in [2.75, 3.05) is 54.4 Å². The van der Waals surface area contributed by atoms with Crippen molar-refractivity contribution in [3.8, 4) is 5.75 Å². The second-order valence-electron chi connectivity index (χ2n) is 9.38. The molecule has 0 spiro atoms. The van der Waals surface area contributed by atoms with Crippen molar-refractivity contribution in [1.29, 1.82) is 0 Å². The molecule has 3 N–H and O–H groups in total. The number of rotatable bonds is 6. The minimum atomic E-state index is -0.325. The summed E-state index contributed by atoms with van der Waals surface area (Å²) in [4.78, 5) is 38.8. The largest absolute Gasteiger partial charge is 0.490 e. The normalized spacial score (nSPS) is 18.1. The minimum Gasteiger partial charge on any atom is -0.490 e. The van der Waals surface area contributed by atoms with Crippen LogP contribution in [0.4, 0.5) is 16.5 Å². The number of benzene rings is 1. The van der Waals surface area contributed by atoms with E-state index in [2.05, 4.69) is 30.8 Å². The van der Waals surface area contributed by atoms with Gasteiger partial charge in [0.25, 0.3) is 11.8 Å². The average molecular weight is 520 g/mol. The number of piperidine rings is 1. The number of fused-ring (bicyclic) bond motifs is 1. The highest BCUT2D eigenvalue weighted by Gasteiger charge is 2.32. The molecule has 11 heteroatoms. The Morgan fingerprint density at radius 3 is 2.76 bits per heavy atom. The number of nitrogens with zero attached hydrogens (tertiary/aromatic N) is 4. The molecule has 0 radical (unpaired) electrons. The highest BCUT2D eigenvalue weighted by Crippen LogP contribution is 2.33. The molecule has 2 saturated heterocycles. The number of carbonyl (C=O) groups excluding carboxylic acids is 2. The summed E-state index contributed by atoms with van der Waals surface area (Å²) in [5.74, 6) is 0.269. The van der Waals surface area contributed by atoms with E-state index in [0.29, 0.717) is 22.9 Å². The molecule has 2 fully saturated rings. The maximum absolute atomic E-state index is 13.2. The number of anilines is 3. The second kappa shape index (κ2) is 10.4. The summed E-state index contributed by atoms with van der Waals surface area (Å²) in [7, 11) is 0. The fourth-order valence-corrected chi connectivity index (χ4v) is 5.76. The maximum Gasteiger partial charge on any atom is 0.275 e. The Balaban J connectivity index is 1.14. The summed E-state index contributed by atoms with van der Waals surface area (Å²) in [5, 5.41) is 11.8. The van der Waals surface area contributed by atoms with Crippen LogP contribution in [0.2, 0.25) is 0 Å². The number of pyridine rings is 1. The molecule has 3 aromatic rings. The molecule has 1 aromatic carbocycles. The third-order valence-electron chi connectivity index (χ3n) is 6.93. The van der Waals surface area contributed by atoms with E-state index in [-0.39, 0.29) is 23.6 Å². The Kier molecular flexibility index (Phi) is 6.73. The van der Waals surface area contributed by atoms with Crippen molar-refractivity contribution in [2.45, 2.75) is 25.5 Å². The Labute approximate surface area is 219 Å². The SMILES string of the molecule is O=C(Nc1cnccc1N1CCNCC1)c1csc(N2Cc3ccc(OC4CCNCC4)cc3C2=O)n1. The van der Waals surface area contributed by atoms with Crippen LogP contribution >= 0.6 is 11.3 Å². The molecule has 192 valence electrons. The van der Waals surface area contributed by atoms with E-state index in [9.17, 15) is 9.59 Å². The lowest BCUT2D eigenvalue weighted by atomic mass is 10.1. The zero-order chi connectivity index (χ0) is 25.2. The van der Waals surface area contributed by atoms with Gasteiger partial charge in [0.1, 0.15) is 17.5 Å². The van der Waals surface area contributed by atoms with Crippen molar-refractivity contribution < 1.29 is 14.3 Å². The Morgan fingerprint density at radius 1 is 1.11 bits per heavy atom.